The first-order valence-electron chi connectivity index (χ1n) is 6.66. The van der Waals surface area contributed by atoms with Gasteiger partial charge in [0.25, 0.3) is 0 Å². The van der Waals surface area contributed by atoms with Gasteiger partial charge in [0, 0.05) is 17.9 Å². The van der Waals surface area contributed by atoms with Crippen molar-refractivity contribution in [3.63, 3.8) is 0 Å². The van der Waals surface area contributed by atoms with Crippen LogP contribution >= 0.6 is 0 Å². The molecule has 0 aliphatic carbocycles. The second kappa shape index (κ2) is 6.43. The van der Waals surface area contributed by atoms with Gasteiger partial charge < -0.3 is 10.6 Å². The Bertz CT molecular complexity index is 566. The molecule has 1 aromatic heterocycles. The molecule has 1 heterocycles. The average molecular weight is 274 g/mol. The van der Waals surface area contributed by atoms with E-state index >= 15 is 0 Å². The molecule has 0 spiro atoms. The number of benzene rings is 1. The number of nitrogens with zero attached hydrogens (tertiary/aromatic N) is 3. The normalized spacial score (nSPS) is 10.6. The molecule has 106 valence electrons. The zero-order valence-corrected chi connectivity index (χ0v) is 11.8. The number of hydrogen-bond acceptors (Lipinski definition) is 4. The van der Waals surface area contributed by atoms with E-state index in [4.69, 9.17) is 5.73 Å². The van der Waals surface area contributed by atoms with Crippen LogP contribution in [0.15, 0.2) is 30.3 Å². The molecule has 0 radical (unpaired) electrons. The van der Waals surface area contributed by atoms with E-state index in [0.29, 0.717) is 24.7 Å². The lowest BCUT2D eigenvalue weighted by atomic mass is 10.2. The third-order valence-corrected chi connectivity index (χ3v) is 2.94. The van der Waals surface area contributed by atoms with Crippen molar-refractivity contribution < 1.29 is 4.39 Å². The predicted octanol–water partition coefficient (Wildman–Crippen LogP) is 2.72. The van der Waals surface area contributed by atoms with E-state index in [0.717, 1.165) is 17.8 Å². The topological polar surface area (TPSA) is 55.0 Å². The number of aryl methyl sites for hydroxylation is 2. The SMILES string of the molecule is Cc1cc(C)nc(N(CCCN)c2ccccc2F)n1. The Balaban J connectivity index is 2.44. The van der Waals surface area contributed by atoms with E-state index in [2.05, 4.69) is 9.97 Å². The monoisotopic (exact) mass is 274 g/mol. The van der Waals surface area contributed by atoms with Crippen molar-refractivity contribution in [1.82, 2.24) is 9.97 Å². The van der Waals surface area contributed by atoms with Crippen LogP contribution in [0.25, 0.3) is 0 Å². The molecule has 1 aromatic carbocycles. The number of para-hydroxylation sites is 1. The van der Waals surface area contributed by atoms with Crippen LogP contribution in [0.1, 0.15) is 17.8 Å². The summed E-state index contributed by atoms with van der Waals surface area (Å²) in [4.78, 5) is 10.6. The summed E-state index contributed by atoms with van der Waals surface area (Å²) in [5.74, 6) is 0.230. The summed E-state index contributed by atoms with van der Waals surface area (Å²) in [5, 5.41) is 0. The van der Waals surface area contributed by atoms with E-state index in [1.165, 1.54) is 6.07 Å². The second-order valence-corrected chi connectivity index (χ2v) is 4.70. The summed E-state index contributed by atoms with van der Waals surface area (Å²) in [6.07, 6.45) is 0.741. The van der Waals surface area contributed by atoms with Gasteiger partial charge in [0.2, 0.25) is 5.95 Å². The van der Waals surface area contributed by atoms with Gasteiger partial charge in [-0.1, -0.05) is 12.1 Å². The fourth-order valence-corrected chi connectivity index (χ4v) is 2.08. The summed E-state index contributed by atoms with van der Waals surface area (Å²) in [6.45, 7) is 4.93. The molecule has 0 fully saturated rings. The van der Waals surface area contributed by atoms with Gasteiger partial charge in [0.15, 0.2) is 0 Å². The zero-order valence-electron chi connectivity index (χ0n) is 11.8. The molecule has 0 amide bonds. The minimum Gasteiger partial charge on any atom is -0.330 e. The highest BCUT2D eigenvalue weighted by molar-refractivity contribution is 5.58. The van der Waals surface area contributed by atoms with Crippen molar-refractivity contribution in [1.29, 1.82) is 0 Å². The van der Waals surface area contributed by atoms with Crippen molar-refractivity contribution in [3.05, 3.63) is 47.5 Å². The number of rotatable bonds is 5. The molecule has 0 aliphatic rings. The van der Waals surface area contributed by atoms with Crippen LogP contribution < -0.4 is 10.6 Å². The minimum absolute atomic E-state index is 0.285. The quantitative estimate of drug-likeness (QED) is 0.910. The van der Waals surface area contributed by atoms with Gasteiger partial charge in [-0.05, 0) is 45.0 Å². The van der Waals surface area contributed by atoms with Gasteiger partial charge in [0.1, 0.15) is 5.82 Å². The summed E-state index contributed by atoms with van der Waals surface area (Å²) >= 11 is 0. The molecule has 0 bridgehead atoms. The van der Waals surface area contributed by atoms with Gasteiger partial charge in [-0.15, -0.1) is 0 Å². The maximum atomic E-state index is 14.0. The smallest absolute Gasteiger partial charge is 0.230 e. The largest absolute Gasteiger partial charge is 0.330 e. The zero-order chi connectivity index (χ0) is 14.5. The Hall–Kier alpha value is -2.01. The first kappa shape index (κ1) is 14.4. The van der Waals surface area contributed by atoms with E-state index < -0.39 is 0 Å². The molecular formula is C15H19FN4. The second-order valence-electron chi connectivity index (χ2n) is 4.70. The van der Waals surface area contributed by atoms with Crippen LogP contribution in [-0.4, -0.2) is 23.1 Å². The molecule has 0 aliphatic heterocycles. The first-order valence-corrected chi connectivity index (χ1v) is 6.66. The van der Waals surface area contributed by atoms with Gasteiger partial charge in [-0.3, -0.25) is 0 Å². The molecule has 5 heteroatoms. The van der Waals surface area contributed by atoms with E-state index in [9.17, 15) is 4.39 Å². The van der Waals surface area contributed by atoms with Crippen LogP contribution in [-0.2, 0) is 0 Å². The predicted molar refractivity (Wildman–Crippen MR) is 78.6 cm³/mol. The molecule has 0 saturated heterocycles. The van der Waals surface area contributed by atoms with Crippen LogP contribution in [0.3, 0.4) is 0 Å². The van der Waals surface area contributed by atoms with Crippen LogP contribution in [0.5, 0.6) is 0 Å². The van der Waals surface area contributed by atoms with Gasteiger partial charge in [-0.25, -0.2) is 14.4 Å². The Labute approximate surface area is 118 Å². The highest BCUT2D eigenvalue weighted by Crippen LogP contribution is 2.25. The summed E-state index contributed by atoms with van der Waals surface area (Å²) in [5.41, 5.74) is 7.77. The minimum atomic E-state index is -0.285. The summed E-state index contributed by atoms with van der Waals surface area (Å²) in [6, 6.07) is 8.53. The third-order valence-electron chi connectivity index (χ3n) is 2.94. The van der Waals surface area contributed by atoms with Gasteiger partial charge in [-0.2, -0.15) is 0 Å². The molecule has 20 heavy (non-hydrogen) atoms. The van der Waals surface area contributed by atoms with E-state index in [1.807, 2.05) is 19.9 Å². The maximum Gasteiger partial charge on any atom is 0.230 e. The summed E-state index contributed by atoms with van der Waals surface area (Å²) < 4.78 is 14.0. The standard InChI is InChI=1S/C15H19FN4/c1-11-10-12(2)19-15(18-11)20(9-5-8-17)14-7-4-3-6-13(14)16/h3-4,6-7,10H,5,8-9,17H2,1-2H3. The Morgan fingerprint density at radius 1 is 1.15 bits per heavy atom. The Kier molecular flexibility index (Phi) is 4.63. The van der Waals surface area contributed by atoms with Crippen molar-refractivity contribution in [2.24, 2.45) is 5.73 Å². The molecular weight excluding hydrogens is 255 g/mol. The van der Waals surface area contributed by atoms with Crippen LogP contribution in [0, 0.1) is 19.7 Å². The highest BCUT2D eigenvalue weighted by atomic mass is 19.1. The van der Waals surface area contributed by atoms with Gasteiger partial charge >= 0.3 is 0 Å². The van der Waals surface area contributed by atoms with Crippen molar-refractivity contribution in [3.8, 4) is 0 Å². The third kappa shape index (κ3) is 3.30. The molecule has 0 saturated carbocycles. The van der Waals surface area contributed by atoms with E-state index in [1.54, 1.807) is 23.1 Å². The molecule has 2 N–H and O–H groups in total. The lowest BCUT2D eigenvalue weighted by molar-refractivity contribution is 0.621. The Morgan fingerprint density at radius 2 is 1.80 bits per heavy atom. The van der Waals surface area contributed by atoms with E-state index in [-0.39, 0.29) is 5.82 Å². The van der Waals surface area contributed by atoms with Crippen molar-refractivity contribution in [2.45, 2.75) is 20.3 Å². The van der Waals surface area contributed by atoms with Gasteiger partial charge in [0.05, 0.1) is 5.69 Å². The molecule has 0 unspecified atom stereocenters. The number of halogens is 1. The number of aromatic nitrogens is 2. The lowest BCUT2D eigenvalue weighted by Gasteiger charge is -2.23. The average Bonchev–Trinajstić information content (AvgIpc) is 2.40. The molecule has 4 nitrogen and oxygen atoms in total. The maximum absolute atomic E-state index is 14.0. The number of anilines is 2. The number of nitrogens with two attached hydrogens (primary N) is 1. The van der Waals surface area contributed by atoms with Crippen LogP contribution in [0.2, 0.25) is 0 Å². The highest BCUT2D eigenvalue weighted by Gasteiger charge is 2.16. The molecule has 2 rings (SSSR count). The molecule has 0 atom stereocenters. The fourth-order valence-electron chi connectivity index (χ4n) is 2.08. The Morgan fingerprint density at radius 3 is 2.40 bits per heavy atom. The van der Waals surface area contributed by atoms with Crippen molar-refractivity contribution in [2.75, 3.05) is 18.0 Å². The van der Waals surface area contributed by atoms with Crippen molar-refractivity contribution >= 4 is 11.6 Å². The fraction of sp³-hybridized carbons (Fsp3) is 0.333. The number of hydrogen-bond donors (Lipinski definition) is 1. The van der Waals surface area contributed by atoms with Crippen LogP contribution in [0.4, 0.5) is 16.0 Å². The first-order chi connectivity index (χ1) is 9.61. The molecule has 2 aromatic rings. The lowest BCUT2D eigenvalue weighted by Crippen LogP contribution is -2.24. The summed E-state index contributed by atoms with van der Waals surface area (Å²) in [7, 11) is 0.